The van der Waals surface area contributed by atoms with Crippen molar-refractivity contribution in [3.8, 4) is 0 Å². The largest absolute Gasteiger partial charge is 0.419 e. The molecular formula is C21H20F4N4O3S. The predicted octanol–water partition coefficient (Wildman–Crippen LogP) is 4.34. The second kappa shape index (κ2) is 7.96. The van der Waals surface area contributed by atoms with Crippen molar-refractivity contribution >= 4 is 32.4 Å². The standard InChI is InChI=1S/C21H20F4N4O3S/c22-18-5-1-12(9-17(18)21(23,24)25)26-20-16-10-15(33(30,31)28-13-7-8-32-11-13)4-6-19(16)29(27-20)14-2-3-14/h1,4-6,9-10,13-14,28H,2-3,7-8,11H2,(H,26,27). The van der Waals surface area contributed by atoms with Gasteiger partial charge in [-0.05, 0) is 55.7 Å². The maximum absolute atomic E-state index is 13.7. The molecule has 0 spiro atoms. The van der Waals surface area contributed by atoms with Gasteiger partial charge in [0.2, 0.25) is 10.0 Å². The number of aromatic nitrogens is 2. The molecule has 1 saturated heterocycles. The molecule has 1 atom stereocenters. The van der Waals surface area contributed by atoms with E-state index in [4.69, 9.17) is 4.74 Å². The Balaban J connectivity index is 1.54. The van der Waals surface area contributed by atoms with Crippen molar-refractivity contribution in [1.82, 2.24) is 14.5 Å². The fourth-order valence-corrected chi connectivity index (χ4v) is 5.13. The minimum Gasteiger partial charge on any atom is -0.380 e. The number of alkyl halides is 3. The third-order valence-corrected chi connectivity index (χ3v) is 7.18. The van der Waals surface area contributed by atoms with E-state index in [2.05, 4.69) is 15.1 Å². The van der Waals surface area contributed by atoms with Crippen molar-refractivity contribution in [2.24, 2.45) is 0 Å². The van der Waals surface area contributed by atoms with Crippen LogP contribution in [-0.2, 0) is 20.9 Å². The van der Waals surface area contributed by atoms with Crippen LogP contribution in [0, 0.1) is 5.82 Å². The van der Waals surface area contributed by atoms with Crippen LogP contribution in [0.15, 0.2) is 41.3 Å². The summed E-state index contributed by atoms with van der Waals surface area (Å²) in [5.74, 6) is -1.19. The lowest BCUT2D eigenvalue weighted by Crippen LogP contribution is -2.34. The number of rotatable bonds is 6. The van der Waals surface area contributed by atoms with Gasteiger partial charge in [-0.3, -0.25) is 4.68 Å². The summed E-state index contributed by atoms with van der Waals surface area (Å²) >= 11 is 0. The predicted molar refractivity (Wildman–Crippen MR) is 112 cm³/mol. The molecule has 2 aromatic carbocycles. The van der Waals surface area contributed by atoms with Gasteiger partial charge in [0.1, 0.15) is 5.82 Å². The minimum absolute atomic E-state index is 0.00961. The van der Waals surface area contributed by atoms with E-state index in [1.807, 2.05) is 0 Å². The third-order valence-electron chi connectivity index (χ3n) is 5.67. The monoisotopic (exact) mass is 484 g/mol. The molecule has 5 rings (SSSR count). The zero-order valence-electron chi connectivity index (χ0n) is 17.2. The summed E-state index contributed by atoms with van der Waals surface area (Å²) in [5, 5.41) is 7.73. The van der Waals surface area contributed by atoms with Gasteiger partial charge in [0.25, 0.3) is 0 Å². The van der Waals surface area contributed by atoms with Gasteiger partial charge in [-0.15, -0.1) is 0 Å². The number of halogens is 4. The summed E-state index contributed by atoms with van der Waals surface area (Å²) in [6.45, 7) is 0.770. The van der Waals surface area contributed by atoms with E-state index in [0.717, 1.165) is 18.9 Å². The molecule has 0 radical (unpaired) electrons. The second-order valence-corrected chi connectivity index (χ2v) is 9.92. The molecule has 3 aromatic rings. The van der Waals surface area contributed by atoms with E-state index >= 15 is 0 Å². The molecule has 1 aromatic heterocycles. The Hall–Kier alpha value is -2.70. The highest BCUT2D eigenvalue weighted by Crippen LogP contribution is 2.40. The van der Waals surface area contributed by atoms with Crippen LogP contribution in [0.3, 0.4) is 0 Å². The Bertz CT molecular complexity index is 1310. The summed E-state index contributed by atoms with van der Waals surface area (Å²) in [5.41, 5.74) is -0.758. The van der Waals surface area contributed by atoms with Crippen molar-refractivity contribution in [1.29, 1.82) is 0 Å². The molecule has 33 heavy (non-hydrogen) atoms. The molecule has 1 saturated carbocycles. The lowest BCUT2D eigenvalue weighted by Gasteiger charge is -2.12. The fraction of sp³-hybridized carbons (Fsp3) is 0.381. The highest BCUT2D eigenvalue weighted by molar-refractivity contribution is 7.89. The second-order valence-electron chi connectivity index (χ2n) is 8.20. The first kappa shape index (κ1) is 22.1. The van der Waals surface area contributed by atoms with Gasteiger partial charge < -0.3 is 10.1 Å². The van der Waals surface area contributed by atoms with Gasteiger partial charge >= 0.3 is 6.18 Å². The topological polar surface area (TPSA) is 85.2 Å². The highest BCUT2D eigenvalue weighted by atomic mass is 32.2. The van der Waals surface area contributed by atoms with Crippen molar-refractivity contribution in [3.63, 3.8) is 0 Å². The summed E-state index contributed by atoms with van der Waals surface area (Å²) in [4.78, 5) is 0.00961. The molecular weight excluding hydrogens is 464 g/mol. The van der Waals surface area contributed by atoms with Crippen LogP contribution < -0.4 is 10.0 Å². The van der Waals surface area contributed by atoms with Crippen LogP contribution in [0.5, 0.6) is 0 Å². The lowest BCUT2D eigenvalue weighted by molar-refractivity contribution is -0.139. The van der Waals surface area contributed by atoms with Gasteiger partial charge in [-0.25, -0.2) is 17.5 Å². The van der Waals surface area contributed by atoms with Gasteiger partial charge in [-0.1, -0.05) is 0 Å². The van der Waals surface area contributed by atoms with Crippen molar-refractivity contribution < 1.29 is 30.7 Å². The molecule has 0 amide bonds. The zero-order valence-corrected chi connectivity index (χ0v) is 18.0. The fourth-order valence-electron chi connectivity index (χ4n) is 3.85. The van der Waals surface area contributed by atoms with E-state index in [9.17, 15) is 26.0 Å². The Morgan fingerprint density at radius 2 is 1.88 bits per heavy atom. The Labute approximate surface area is 186 Å². The Kier molecular flexibility index (Phi) is 5.33. The van der Waals surface area contributed by atoms with Gasteiger partial charge in [0, 0.05) is 23.7 Å². The van der Waals surface area contributed by atoms with Gasteiger partial charge in [0.15, 0.2) is 5.82 Å². The summed E-state index contributed by atoms with van der Waals surface area (Å²) in [6.07, 6.45) is -2.49. The number of hydrogen-bond donors (Lipinski definition) is 2. The van der Waals surface area contributed by atoms with Gasteiger partial charge in [0.05, 0.1) is 28.6 Å². The first-order valence-electron chi connectivity index (χ1n) is 10.4. The molecule has 1 aliphatic heterocycles. The number of sulfonamides is 1. The minimum atomic E-state index is -4.85. The van der Waals surface area contributed by atoms with E-state index < -0.39 is 27.6 Å². The van der Waals surface area contributed by atoms with Crippen molar-refractivity contribution in [2.45, 2.75) is 42.4 Å². The summed E-state index contributed by atoms with van der Waals surface area (Å²) in [7, 11) is -3.85. The van der Waals surface area contributed by atoms with E-state index in [0.29, 0.717) is 36.6 Å². The number of hydrogen-bond acceptors (Lipinski definition) is 5. The van der Waals surface area contributed by atoms with Gasteiger partial charge in [-0.2, -0.15) is 18.3 Å². The van der Waals surface area contributed by atoms with Crippen molar-refractivity contribution in [2.75, 3.05) is 18.5 Å². The molecule has 2 aliphatic rings. The van der Waals surface area contributed by atoms with Crippen LogP contribution >= 0.6 is 0 Å². The number of anilines is 2. The number of fused-ring (bicyclic) bond motifs is 1. The summed E-state index contributed by atoms with van der Waals surface area (Å²) in [6, 6.07) is 6.94. The number of benzene rings is 2. The number of ether oxygens (including phenoxy) is 1. The SMILES string of the molecule is O=S(=O)(NC1CCOC1)c1ccc2c(c1)c(Nc1ccc(F)c(C(F)(F)F)c1)nn2C1CC1. The Morgan fingerprint density at radius 3 is 2.55 bits per heavy atom. The lowest BCUT2D eigenvalue weighted by atomic mass is 10.1. The summed E-state index contributed by atoms with van der Waals surface area (Å²) < 4.78 is 88.3. The molecule has 176 valence electrons. The van der Waals surface area contributed by atoms with Crippen LogP contribution in [-0.4, -0.2) is 37.5 Å². The molecule has 1 unspecified atom stereocenters. The van der Waals surface area contributed by atoms with Crippen LogP contribution in [0.2, 0.25) is 0 Å². The molecule has 2 N–H and O–H groups in total. The van der Waals surface area contributed by atoms with E-state index in [1.54, 1.807) is 10.7 Å². The quantitative estimate of drug-likeness (QED) is 0.509. The van der Waals surface area contributed by atoms with E-state index in [-0.39, 0.29) is 28.5 Å². The average molecular weight is 484 g/mol. The normalized spacial score (nSPS) is 19.3. The number of nitrogens with one attached hydrogen (secondary N) is 2. The van der Waals surface area contributed by atoms with Crippen LogP contribution in [0.1, 0.15) is 30.9 Å². The highest BCUT2D eigenvalue weighted by Gasteiger charge is 2.34. The molecule has 0 bridgehead atoms. The van der Waals surface area contributed by atoms with Crippen molar-refractivity contribution in [3.05, 3.63) is 47.8 Å². The first-order valence-corrected chi connectivity index (χ1v) is 11.9. The molecule has 12 heteroatoms. The Morgan fingerprint density at radius 1 is 1.09 bits per heavy atom. The first-order chi connectivity index (χ1) is 15.6. The molecule has 7 nitrogen and oxygen atoms in total. The smallest absolute Gasteiger partial charge is 0.380 e. The maximum atomic E-state index is 13.7. The third kappa shape index (κ3) is 4.42. The molecule has 2 heterocycles. The average Bonchev–Trinajstić information content (AvgIpc) is 3.36. The van der Waals surface area contributed by atoms with Crippen LogP contribution in [0.4, 0.5) is 29.1 Å². The maximum Gasteiger partial charge on any atom is 0.419 e. The zero-order chi connectivity index (χ0) is 23.4. The van der Waals surface area contributed by atoms with Crippen LogP contribution in [0.25, 0.3) is 10.9 Å². The molecule has 1 aliphatic carbocycles. The number of nitrogens with zero attached hydrogens (tertiary/aromatic N) is 2. The molecule has 2 fully saturated rings. The van der Waals surface area contributed by atoms with E-state index in [1.165, 1.54) is 18.2 Å².